The minimum atomic E-state index is -9.32. The summed E-state index contributed by atoms with van der Waals surface area (Å²) in [6.45, 7) is -4.95. The molecular weight excluding hydrogens is 1150 g/mol. The number of carbonyl (C=O) groups is 2. The molecule has 0 fully saturated rings. The van der Waals surface area contributed by atoms with E-state index in [1.54, 1.807) is 0 Å². The highest BCUT2D eigenvalue weighted by Crippen LogP contribution is 2.67. The van der Waals surface area contributed by atoms with Gasteiger partial charge in [-0.3, -0.25) is 0 Å². The number of aliphatic hydroxyl groups excluding tert-OH is 2. The minimum Gasteiger partial charge on any atom is -0.460 e. The molecule has 0 aliphatic carbocycles. The third kappa shape index (κ3) is 10.2. The van der Waals surface area contributed by atoms with Crippen LogP contribution in [0.3, 0.4) is 0 Å². The third-order valence-electron chi connectivity index (χ3n) is 8.54. The van der Waals surface area contributed by atoms with Crippen LogP contribution in [0.25, 0.3) is 0 Å². The largest absolute Gasteiger partial charge is 0.460 e. The second-order valence-electron chi connectivity index (χ2n) is 13.8. The van der Waals surface area contributed by atoms with E-state index in [-0.39, 0.29) is 0 Å². The van der Waals surface area contributed by atoms with Crippen molar-refractivity contribution in [2.45, 2.75) is 132 Å². The highest BCUT2D eigenvalue weighted by atomic mass is 19.4. The molecule has 0 aliphatic rings. The van der Waals surface area contributed by atoms with Gasteiger partial charge in [0.1, 0.15) is 13.2 Å². The van der Waals surface area contributed by atoms with Crippen molar-refractivity contribution in [3.63, 3.8) is 0 Å². The van der Waals surface area contributed by atoms with E-state index in [1.165, 1.54) is 0 Å². The topological polar surface area (TPSA) is 93.1 Å². The Morgan fingerprint density at radius 1 is 0.292 bits per heavy atom. The Hall–Kier alpha value is -4.06. The van der Waals surface area contributed by atoms with Gasteiger partial charge >= 0.3 is 119 Å². The average molecular weight is 1170 g/mol. The zero-order valence-corrected chi connectivity index (χ0v) is 32.0. The lowest BCUT2D eigenvalue weighted by atomic mass is 9.86. The number of halogens is 38. The van der Waals surface area contributed by atoms with Gasteiger partial charge in [0.15, 0.2) is 0 Å². The SMILES string of the molecule is O=C(/C=C\C(=O)OCC(O)CC(F)(F)C(F)(F)C(F)(F)C(F)(F)C(F)(F)C(F)(F)C(F)(F)C(F)(F)C(F)(F)F)OCC(O)CC(F)(F)C(F)(F)C(F)(F)C(F)(F)C(F)(F)C(F)(F)C(F)(F)C(F)(F)C(F)(F)F. The Kier molecular flexibility index (Phi) is 17.9. The van der Waals surface area contributed by atoms with Crippen LogP contribution in [0.15, 0.2) is 12.2 Å². The standard InChI is InChI=1S/C28H14F38O6/c29-11(30,13(33,34)15(37,38)17(41,42)19(45,46)21(49,50)23(53,54)25(57,58)27(61,62)63)3-7(67)5-71-9(69)1-2-10(70)72-6-8(68)4-12(31,32)14(35,36)16(39,40)18(43,44)20(47,48)22(51,52)24(55,56)26(59,60)28(64,65)66/h1-2,7-8,67-68H,3-6H2/b2-1-. The number of alkyl halides is 38. The molecule has 428 valence electrons. The molecule has 2 unspecified atom stereocenters. The summed E-state index contributed by atoms with van der Waals surface area (Å²) in [5.41, 5.74) is 0. The van der Waals surface area contributed by atoms with E-state index in [0.29, 0.717) is 0 Å². The molecule has 2 N–H and O–H groups in total. The predicted molar refractivity (Wildman–Crippen MR) is 144 cm³/mol. The fourth-order valence-corrected chi connectivity index (χ4v) is 4.34. The van der Waals surface area contributed by atoms with Crippen molar-refractivity contribution in [2.75, 3.05) is 13.2 Å². The lowest BCUT2D eigenvalue weighted by Crippen LogP contribution is -2.75. The van der Waals surface area contributed by atoms with Gasteiger partial charge in [-0.1, -0.05) is 0 Å². The van der Waals surface area contributed by atoms with Crippen LogP contribution < -0.4 is 0 Å². The Morgan fingerprint density at radius 2 is 0.444 bits per heavy atom. The lowest BCUT2D eigenvalue weighted by molar-refractivity contribution is -0.469. The second kappa shape index (κ2) is 18.9. The van der Waals surface area contributed by atoms with Crippen molar-refractivity contribution in [2.24, 2.45) is 0 Å². The molecular formula is C28H14F38O6. The smallest absolute Gasteiger partial charge is 0.460 e. The maximum absolute atomic E-state index is 14.0. The Morgan fingerprint density at radius 3 is 0.611 bits per heavy atom. The number of ether oxygens (including phenoxy) is 2. The quantitative estimate of drug-likeness (QED) is 0.0568. The van der Waals surface area contributed by atoms with E-state index in [2.05, 4.69) is 9.47 Å². The van der Waals surface area contributed by atoms with Crippen molar-refractivity contribution < 1.29 is 196 Å². The highest BCUT2D eigenvalue weighted by molar-refractivity contribution is 5.91. The maximum atomic E-state index is 14.0. The third-order valence-corrected chi connectivity index (χ3v) is 8.54. The molecule has 0 heterocycles. The molecule has 0 aromatic rings. The van der Waals surface area contributed by atoms with Crippen molar-refractivity contribution in [1.82, 2.24) is 0 Å². The zero-order chi connectivity index (χ0) is 59.0. The summed E-state index contributed by atoms with van der Waals surface area (Å²) in [5.74, 6) is -145. The van der Waals surface area contributed by atoms with Crippen molar-refractivity contribution in [3.8, 4) is 0 Å². The van der Waals surface area contributed by atoms with Gasteiger partial charge in [0.05, 0.1) is 12.2 Å². The molecule has 72 heavy (non-hydrogen) atoms. The Labute approximate surface area is 366 Å². The lowest BCUT2D eigenvalue weighted by Gasteiger charge is -2.44. The maximum Gasteiger partial charge on any atom is 0.460 e. The van der Waals surface area contributed by atoms with Crippen LogP contribution in [0.5, 0.6) is 0 Å². The fraction of sp³-hybridized carbons (Fsp3) is 0.857. The fourth-order valence-electron chi connectivity index (χ4n) is 4.34. The number of hydrogen-bond donors (Lipinski definition) is 2. The molecule has 0 aromatic heterocycles. The molecule has 0 spiro atoms. The zero-order valence-electron chi connectivity index (χ0n) is 32.0. The molecule has 0 rings (SSSR count). The number of esters is 2. The first kappa shape index (κ1) is 67.9. The first-order valence-electron chi connectivity index (χ1n) is 16.3. The predicted octanol–water partition coefficient (Wildman–Crippen LogP) is 11.4. The molecule has 0 bridgehead atoms. The van der Waals surface area contributed by atoms with E-state index in [0.717, 1.165) is 0 Å². The molecule has 0 aliphatic heterocycles. The van der Waals surface area contributed by atoms with Gasteiger partial charge < -0.3 is 19.7 Å². The normalized spacial score (nSPS) is 17.1. The van der Waals surface area contributed by atoms with Crippen molar-refractivity contribution >= 4 is 11.9 Å². The summed E-state index contributed by atoms with van der Waals surface area (Å²) in [6.07, 6.45) is -32.6. The van der Waals surface area contributed by atoms with Gasteiger partial charge in [-0.25, -0.2) is 9.59 Å². The molecule has 6 nitrogen and oxygen atoms in total. The van der Waals surface area contributed by atoms with Gasteiger partial charge in [-0.05, 0) is 0 Å². The van der Waals surface area contributed by atoms with E-state index in [4.69, 9.17) is 0 Å². The van der Waals surface area contributed by atoms with Crippen LogP contribution in [-0.2, 0) is 19.1 Å². The first-order valence-corrected chi connectivity index (χ1v) is 16.3. The van der Waals surface area contributed by atoms with Gasteiger partial charge in [-0.15, -0.1) is 0 Å². The van der Waals surface area contributed by atoms with Gasteiger partial charge in [-0.2, -0.15) is 167 Å². The highest BCUT2D eigenvalue weighted by Gasteiger charge is 2.98. The van der Waals surface area contributed by atoms with Crippen LogP contribution >= 0.6 is 0 Å². The van der Waals surface area contributed by atoms with Crippen molar-refractivity contribution in [3.05, 3.63) is 12.2 Å². The van der Waals surface area contributed by atoms with Crippen LogP contribution in [0.2, 0.25) is 0 Å². The summed E-state index contributed by atoms with van der Waals surface area (Å²) >= 11 is 0. The first-order chi connectivity index (χ1) is 30.8. The van der Waals surface area contributed by atoms with Gasteiger partial charge in [0.25, 0.3) is 0 Å². The molecule has 0 radical (unpaired) electrons. The van der Waals surface area contributed by atoms with Gasteiger partial charge in [0.2, 0.25) is 0 Å². The minimum absolute atomic E-state index is 0.599. The summed E-state index contributed by atoms with van der Waals surface area (Å²) in [6, 6.07) is 0. The number of carbonyl (C=O) groups excluding carboxylic acids is 2. The molecule has 44 heteroatoms. The van der Waals surface area contributed by atoms with E-state index < -0.39 is 169 Å². The van der Waals surface area contributed by atoms with Crippen LogP contribution in [0.4, 0.5) is 167 Å². The molecule has 0 saturated heterocycles. The molecule has 0 aromatic carbocycles. The van der Waals surface area contributed by atoms with Crippen molar-refractivity contribution in [1.29, 1.82) is 0 Å². The summed E-state index contributed by atoms with van der Waals surface area (Å²) in [7, 11) is 0. The molecule has 0 amide bonds. The Bertz CT molecular complexity index is 1810. The average Bonchev–Trinajstić information content (AvgIpc) is 3.15. The van der Waals surface area contributed by atoms with E-state index >= 15 is 0 Å². The number of hydrogen-bond acceptors (Lipinski definition) is 6. The number of aliphatic hydroxyl groups is 2. The summed E-state index contributed by atoms with van der Waals surface area (Å²) in [5, 5.41) is 18.5. The van der Waals surface area contributed by atoms with Crippen LogP contribution in [0, 0.1) is 0 Å². The molecule has 2 atom stereocenters. The van der Waals surface area contributed by atoms with Gasteiger partial charge in [0, 0.05) is 25.0 Å². The molecule has 0 saturated carbocycles. The summed E-state index contributed by atoms with van der Waals surface area (Å²) < 4.78 is 517. The van der Waals surface area contributed by atoms with Crippen LogP contribution in [-0.4, -0.2) is 155 Å². The van der Waals surface area contributed by atoms with E-state index in [9.17, 15) is 187 Å². The Balaban J connectivity index is 6.09. The van der Waals surface area contributed by atoms with Crippen LogP contribution in [0.1, 0.15) is 12.8 Å². The van der Waals surface area contributed by atoms with E-state index in [1.807, 2.05) is 0 Å². The second-order valence-corrected chi connectivity index (χ2v) is 13.8. The number of rotatable bonds is 24. The monoisotopic (exact) mass is 1170 g/mol. The summed E-state index contributed by atoms with van der Waals surface area (Å²) in [4.78, 5) is 23.0.